The zero-order chi connectivity index (χ0) is 16.1. The van der Waals surface area contributed by atoms with Crippen molar-refractivity contribution in [3.63, 3.8) is 0 Å². The first kappa shape index (κ1) is 16.0. The number of hydrogen-bond acceptors (Lipinski definition) is 3. The molecule has 114 valence electrons. The SMILES string of the molecule is O=C(Nc1c(F)cc(Br)cc1C(=O)O)OCc1ccccc1. The van der Waals surface area contributed by atoms with E-state index >= 15 is 0 Å². The summed E-state index contributed by atoms with van der Waals surface area (Å²) in [7, 11) is 0. The van der Waals surface area contributed by atoms with E-state index < -0.39 is 23.6 Å². The number of benzene rings is 2. The second kappa shape index (κ2) is 7.04. The van der Waals surface area contributed by atoms with Crippen molar-refractivity contribution in [1.82, 2.24) is 0 Å². The highest BCUT2D eigenvalue weighted by Crippen LogP contribution is 2.25. The van der Waals surface area contributed by atoms with E-state index in [0.717, 1.165) is 11.6 Å². The lowest BCUT2D eigenvalue weighted by Gasteiger charge is -2.11. The maximum Gasteiger partial charge on any atom is 0.412 e. The van der Waals surface area contributed by atoms with Crippen molar-refractivity contribution in [2.45, 2.75) is 6.61 Å². The van der Waals surface area contributed by atoms with Crippen LogP contribution < -0.4 is 5.32 Å². The van der Waals surface area contributed by atoms with Crippen LogP contribution in [0.25, 0.3) is 0 Å². The number of ether oxygens (including phenoxy) is 1. The number of nitrogens with one attached hydrogen (secondary N) is 1. The smallest absolute Gasteiger partial charge is 0.412 e. The Morgan fingerprint density at radius 2 is 1.91 bits per heavy atom. The van der Waals surface area contributed by atoms with Gasteiger partial charge in [0.15, 0.2) is 0 Å². The number of halogens is 2. The molecule has 0 saturated carbocycles. The van der Waals surface area contributed by atoms with Crippen molar-refractivity contribution in [1.29, 1.82) is 0 Å². The molecule has 7 heteroatoms. The van der Waals surface area contributed by atoms with Crippen molar-refractivity contribution >= 4 is 33.7 Å². The fourth-order valence-electron chi connectivity index (χ4n) is 1.73. The molecule has 0 radical (unpaired) electrons. The van der Waals surface area contributed by atoms with Gasteiger partial charge in [0.1, 0.15) is 12.4 Å². The van der Waals surface area contributed by atoms with E-state index in [1.807, 2.05) is 6.07 Å². The van der Waals surface area contributed by atoms with Crippen LogP contribution in [-0.2, 0) is 11.3 Å². The van der Waals surface area contributed by atoms with E-state index in [-0.39, 0.29) is 16.6 Å². The summed E-state index contributed by atoms with van der Waals surface area (Å²) >= 11 is 3.00. The van der Waals surface area contributed by atoms with Crippen LogP contribution in [0.3, 0.4) is 0 Å². The zero-order valence-corrected chi connectivity index (χ0v) is 12.8. The molecule has 0 spiro atoms. The van der Waals surface area contributed by atoms with Gasteiger partial charge in [-0.3, -0.25) is 5.32 Å². The second-order valence-electron chi connectivity index (χ2n) is 4.30. The van der Waals surface area contributed by atoms with Crippen LogP contribution in [0.5, 0.6) is 0 Å². The maximum absolute atomic E-state index is 13.8. The Morgan fingerprint density at radius 3 is 2.55 bits per heavy atom. The van der Waals surface area contributed by atoms with Crippen LogP contribution in [0.1, 0.15) is 15.9 Å². The highest BCUT2D eigenvalue weighted by Gasteiger charge is 2.18. The maximum atomic E-state index is 13.8. The summed E-state index contributed by atoms with van der Waals surface area (Å²) in [5.41, 5.74) is -0.0512. The van der Waals surface area contributed by atoms with Gasteiger partial charge in [-0.15, -0.1) is 0 Å². The number of carboxylic acids is 1. The molecular formula is C15H11BrFNO4. The number of carbonyl (C=O) groups excluding carboxylic acids is 1. The van der Waals surface area contributed by atoms with Gasteiger partial charge in [0, 0.05) is 4.47 Å². The standard InChI is InChI=1S/C15H11BrFNO4/c16-10-6-11(14(19)20)13(12(17)7-10)18-15(21)22-8-9-4-2-1-3-5-9/h1-7H,8H2,(H,18,21)(H,19,20). The third kappa shape index (κ3) is 4.05. The van der Waals surface area contributed by atoms with Gasteiger partial charge in [0.2, 0.25) is 0 Å². The number of carbonyl (C=O) groups is 2. The number of amides is 1. The molecule has 5 nitrogen and oxygen atoms in total. The topological polar surface area (TPSA) is 75.6 Å². The molecule has 0 saturated heterocycles. The quantitative estimate of drug-likeness (QED) is 0.854. The molecule has 2 aromatic rings. The summed E-state index contributed by atoms with van der Waals surface area (Å²) < 4.78 is 19.0. The third-order valence-corrected chi connectivity index (χ3v) is 3.18. The van der Waals surface area contributed by atoms with Crippen LogP contribution in [0.2, 0.25) is 0 Å². The monoisotopic (exact) mass is 367 g/mol. The van der Waals surface area contributed by atoms with Crippen molar-refractivity contribution in [3.05, 3.63) is 63.9 Å². The van der Waals surface area contributed by atoms with Gasteiger partial charge >= 0.3 is 12.1 Å². The Balaban J connectivity index is 2.10. The number of anilines is 1. The lowest BCUT2D eigenvalue weighted by molar-refractivity contribution is 0.0697. The molecule has 0 aromatic heterocycles. The first-order valence-electron chi connectivity index (χ1n) is 6.17. The lowest BCUT2D eigenvalue weighted by Crippen LogP contribution is -2.17. The summed E-state index contributed by atoms with van der Waals surface area (Å²) in [6.07, 6.45) is -0.937. The highest BCUT2D eigenvalue weighted by molar-refractivity contribution is 9.10. The Morgan fingerprint density at radius 1 is 1.23 bits per heavy atom. The second-order valence-corrected chi connectivity index (χ2v) is 5.22. The van der Waals surface area contributed by atoms with Gasteiger partial charge in [-0.05, 0) is 17.7 Å². The summed E-state index contributed by atoms with van der Waals surface area (Å²) in [5.74, 6) is -2.23. The minimum Gasteiger partial charge on any atom is -0.478 e. The normalized spacial score (nSPS) is 10.1. The molecule has 0 aliphatic rings. The number of rotatable bonds is 4. The third-order valence-electron chi connectivity index (χ3n) is 2.73. The predicted molar refractivity (Wildman–Crippen MR) is 81.3 cm³/mol. The molecule has 0 aliphatic carbocycles. The summed E-state index contributed by atoms with van der Waals surface area (Å²) in [5, 5.41) is 11.2. The molecule has 0 aliphatic heterocycles. The molecule has 2 aromatic carbocycles. The van der Waals surface area contributed by atoms with Crippen LogP contribution in [-0.4, -0.2) is 17.2 Å². The average Bonchev–Trinajstić information content (AvgIpc) is 2.48. The minimum atomic E-state index is -1.36. The van der Waals surface area contributed by atoms with Gasteiger partial charge in [-0.25, -0.2) is 14.0 Å². The molecule has 22 heavy (non-hydrogen) atoms. The summed E-state index contributed by atoms with van der Waals surface area (Å²) in [6, 6.07) is 11.2. The highest BCUT2D eigenvalue weighted by atomic mass is 79.9. The Bertz CT molecular complexity index is 706. The van der Waals surface area contributed by atoms with Crippen LogP contribution in [0, 0.1) is 5.82 Å². The van der Waals surface area contributed by atoms with Crippen LogP contribution >= 0.6 is 15.9 Å². The van der Waals surface area contributed by atoms with Crippen molar-refractivity contribution in [2.75, 3.05) is 5.32 Å². The summed E-state index contributed by atoms with van der Waals surface area (Å²) in [6.45, 7) is -0.00672. The number of carboxylic acid groups (broad SMARTS) is 1. The molecule has 0 unspecified atom stereocenters. The molecule has 0 bridgehead atoms. The van der Waals surface area contributed by atoms with Gasteiger partial charge in [0.25, 0.3) is 0 Å². The molecule has 2 N–H and O–H groups in total. The molecular weight excluding hydrogens is 357 g/mol. The lowest BCUT2D eigenvalue weighted by atomic mass is 10.1. The molecule has 1 amide bonds. The average molecular weight is 368 g/mol. The number of hydrogen-bond donors (Lipinski definition) is 2. The van der Waals surface area contributed by atoms with Crippen LogP contribution in [0.4, 0.5) is 14.9 Å². The molecule has 2 rings (SSSR count). The Labute approximate surface area is 133 Å². The van der Waals surface area contributed by atoms with Crippen molar-refractivity contribution < 1.29 is 23.8 Å². The first-order chi connectivity index (χ1) is 10.5. The van der Waals surface area contributed by atoms with Crippen molar-refractivity contribution in [3.8, 4) is 0 Å². The first-order valence-corrected chi connectivity index (χ1v) is 6.96. The van der Waals surface area contributed by atoms with Crippen LogP contribution in [0.15, 0.2) is 46.9 Å². The number of aromatic carboxylic acids is 1. The van der Waals surface area contributed by atoms with E-state index in [4.69, 9.17) is 9.84 Å². The predicted octanol–water partition coefficient (Wildman–Crippen LogP) is 4.04. The van der Waals surface area contributed by atoms with Gasteiger partial charge in [-0.1, -0.05) is 46.3 Å². The zero-order valence-electron chi connectivity index (χ0n) is 11.2. The van der Waals surface area contributed by atoms with E-state index in [1.54, 1.807) is 24.3 Å². The Kier molecular flexibility index (Phi) is 5.11. The minimum absolute atomic E-state index is 0.00672. The summed E-state index contributed by atoms with van der Waals surface area (Å²) in [4.78, 5) is 22.8. The largest absolute Gasteiger partial charge is 0.478 e. The fraction of sp³-hybridized carbons (Fsp3) is 0.0667. The molecule has 0 heterocycles. The fourth-order valence-corrected chi connectivity index (χ4v) is 2.16. The molecule has 0 atom stereocenters. The van der Waals surface area contributed by atoms with Gasteiger partial charge in [0.05, 0.1) is 11.3 Å². The molecule has 0 fully saturated rings. The van der Waals surface area contributed by atoms with Gasteiger partial charge < -0.3 is 9.84 Å². The van der Waals surface area contributed by atoms with E-state index in [2.05, 4.69) is 21.2 Å². The van der Waals surface area contributed by atoms with Gasteiger partial charge in [-0.2, -0.15) is 0 Å². The van der Waals surface area contributed by atoms with E-state index in [0.29, 0.717) is 0 Å². The van der Waals surface area contributed by atoms with E-state index in [9.17, 15) is 14.0 Å². The van der Waals surface area contributed by atoms with E-state index in [1.165, 1.54) is 6.07 Å². The Hall–Kier alpha value is -2.41. The van der Waals surface area contributed by atoms with Crippen molar-refractivity contribution in [2.24, 2.45) is 0 Å².